The minimum Gasteiger partial charge on any atom is -0.479 e. The lowest BCUT2D eigenvalue weighted by Gasteiger charge is -2.38. The highest BCUT2D eigenvalue weighted by molar-refractivity contribution is 5.85. The lowest BCUT2D eigenvalue weighted by atomic mass is 9.96. The van der Waals surface area contributed by atoms with Crippen LogP contribution in [0.15, 0.2) is 121 Å². The van der Waals surface area contributed by atoms with E-state index in [0.29, 0.717) is 12.1 Å². The number of benzene rings is 4. The van der Waals surface area contributed by atoms with Crippen LogP contribution in [-0.4, -0.2) is 108 Å². The number of rotatable bonds is 7. The highest BCUT2D eigenvalue weighted by Crippen LogP contribution is 2.30. The molecule has 2 heterocycles. The molecule has 7 nitrogen and oxygen atoms in total. The van der Waals surface area contributed by atoms with Gasteiger partial charge < -0.3 is 20.0 Å². The van der Waals surface area contributed by atoms with Crippen molar-refractivity contribution in [3.63, 3.8) is 0 Å². The van der Waals surface area contributed by atoms with E-state index in [4.69, 9.17) is 10.2 Å². The zero-order chi connectivity index (χ0) is 32.7. The predicted molar refractivity (Wildman–Crippen MR) is 194 cm³/mol. The highest BCUT2D eigenvalue weighted by atomic mass is 35.5. The van der Waals surface area contributed by atoms with E-state index in [9.17, 15) is 4.79 Å². The summed E-state index contributed by atoms with van der Waals surface area (Å²) in [5, 5.41) is 15.8. The highest BCUT2D eigenvalue weighted by Gasteiger charge is 2.26. The first-order valence-corrected chi connectivity index (χ1v) is 16.3. The van der Waals surface area contributed by atoms with Crippen LogP contribution >= 0.6 is 12.4 Å². The Balaban J connectivity index is 0.000000215. The van der Waals surface area contributed by atoms with E-state index in [-0.39, 0.29) is 12.4 Å². The first-order valence-electron chi connectivity index (χ1n) is 16.3. The molecule has 0 aromatic heterocycles. The number of hydrogen-bond acceptors (Lipinski definition) is 6. The standard InChI is InChI=1S/2C18H22N2.C3H6O3.ClH/c2*1-19-12-14-20(15-13-19)18(16-8-4-2-5-9-16)17-10-6-3-7-11-17;1-2(4)3(5)6;/h2*2-11,18H,12-15H2,1H3;2,4H,1H3,(H,5,6);1H. The van der Waals surface area contributed by atoms with Gasteiger partial charge in [0.25, 0.3) is 0 Å². The summed E-state index contributed by atoms with van der Waals surface area (Å²) in [5.41, 5.74) is 5.57. The molecule has 2 N–H and O–H groups in total. The van der Waals surface area contributed by atoms with Gasteiger partial charge in [0.05, 0.1) is 12.1 Å². The minimum atomic E-state index is -1.23. The second kappa shape index (κ2) is 20.0. The SMILES string of the molecule is CC(O)C(=O)O.CN1CCN(C(c2ccccc2)c2ccccc2)CC1.CN1CCN(C(c2ccccc2)c2ccccc2)CC1.Cl. The third kappa shape index (κ3) is 11.9. The summed E-state index contributed by atoms with van der Waals surface area (Å²) < 4.78 is 0. The largest absolute Gasteiger partial charge is 0.479 e. The molecule has 2 aliphatic heterocycles. The number of aliphatic hydroxyl groups excluding tert-OH is 1. The van der Waals surface area contributed by atoms with E-state index in [2.05, 4.69) is 155 Å². The lowest BCUT2D eigenvalue weighted by Crippen LogP contribution is -2.46. The minimum absolute atomic E-state index is 0. The number of carboxylic acids is 1. The van der Waals surface area contributed by atoms with Crippen molar-refractivity contribution in [3.8, 4) is 0 Å². The summed E-state index contributed by atoms with van der Waals surface area (Å²) in [4.78, 5) is 19.5. The molecule has 0 radical (unpaired) electrons. The fraction of sp³-hybridized carbons (Fsp3) is 0.359. The average Bonchev–Trinajstić information content (AvgIpc) is 3.09. The molecule has 6 rings (SSSR count). The number of likely N-dealkylation sites (N-methyl/N-ethyl adjacent to an activating group) is 2. The number of nitrogens with zero attached hydrogens (tertiary/aromatic N) is 4. The predicted octanol–water partition coefficient (Wildman–Crippen LogP) is 5.92. The zero-order valence-electron chi connectivity index (χ0n) is 27.9. The van der Waals surface area contributed by atoms with Gasteiger partial charge in [0.15, 0.2) is 0 Å². The van der Waals surface area contributed by atoms with Gasteiger partial charge in [-0.15, -0.1) is 12.4 Å². The van der Waals surface area contributed by atoms with E-state index in [1.807, 2.05) is 0 Å². The number of hydrogen-bond donors (Lipinski definition) is 2. The fourth-order valence-electron chi connectivity index (χ4n) is 5.93. The lowest BCUT2D eigenvalue weighted by molar-refractivity contribution is -0.145. The topological polar surface area (TPSA) is 70.5 Å². The summed E-state index contributed by atoms with van der Waals surface area (Å²) in [5.74, 6) is -1.19. The first kappa shape index (κ1) is 37.9. The van der Waals surface area contributed by atoms with Gasteiger partial charge in [0.2, 0.25) is 0 Å². The average molecular weight is 659 g/mol. The van der Waals surface area contributed by atoms with Crippen LogP contribution in [0.1, 0.15) is 41.3 Å². The van der Waals surface area contributed by atoms with Gasteiger partial charge in [-0.05, 0) is 43.3 Å². The summed E-state index contributed by atoms with van der Waals surface area (Å²) in [6, 6.07) is 44.2. The number of carbonyl (C=O) groups is 1. The third-order valence-corrected chi connectivity index (χ3v) is 8.62. The molecule has 252 valence electrons. The quantitative estimate of drug-likeness (QED) is 0.256. The molecule has 4 aromatic rings. The second-order valence-electron chi connectivity index (χ2n) is 12.1. The van der Waals surface area contributed by atoms with Gasteiger partial charge in [0, 0.05) is 52.4 Å². The van der Waals surface area contributed by atoms with Gasteiger partial charge in [-0.3, -0.25) is 9.80 Å². The van der Waals surface area contributed by atoms with Crippen LogP contribution in [-0.2, 0) is 4.79 Å². The molecule has 1 unspecified atom stereocenters. The third-order valence-electron chi connectivity index (χ3n) is 8.62. The molecule has 1 atom stereocenters. The molecule has 0 aliphatic carbocycles. The van der Waals surface area contributed by atoms with E-state index < -0.39 is 12.1 Å². The first-order chi connectivity index (χ1) is 22.3. The van der Waals surface area contributed by atoms with E-state index in [0.717, 1.165) is 52.4 Å². The fourth-order valence-corrected chi connectivity index (χ4v) is 5.93. The van der Waals surface area contributed by atoms with Crippen molar-refractivity contribution in [2.24, 2.45) is 0 Å². The molecule has 47 heavy (non-hydrogen) atoms. The van der Waals surface area contributed by atoms with E-state index in [1.54, 1.807) is 0 Å². The van der Waals surface area contributed by atoms with Crippen molar-refractivity contribution in [1.29, 1.82) is 0 Å². The van der Waals surface area contributed by atoms with E-state index >= 15 is 0 Å². The maximum atomic E-state index is 9.45. The van der Waals surface area contributed by atoms with Crippen LogP contribution in [0.3, 0.4) is 0 Å². The van der Waals surface area contributed by atoms with Crippen molar-refractivity contribution < 1.29 is 15.0 Å². The normalized spacial score (nSPS) is 16.6. The van der Waals surface area contributed by atoms with Gasteiger partial charge in [-0.25, -0.2) is 4.79 Å². The molecule has 2 aliphatic rings. The molecule has 2 fully saturated rings. The van der Waals surface area contributed by atoms with Crippen molar-refractivity contribution in [2.75, 3.05) is 66.5 Å². The molecular weight excluding hydrogens is 608 g/mol. The molecule has 4 aromatic carbocycles. The van der Waals surface area contributed by atoms with Crippen LogP contribution < -0.4 is 0 Å². The number of aliphatic hydroxyl groups is 1. The smallest absolute Gasteiger partial charge is 0.332 e. The second-order valence-corrected chi connectivity index (χ2v) is 12.1. The molecule has 0 amide bonds. The Morgan fingerprint density at radius 1 is 0.511 bits per heavy atom. The molecular formula is C39H51ClN4O3. The maximum Gasteiger partial charge on any atom is 0.332 e. The van der Waals surface area contributed by atoms with Gasteiger partial charge in [-0.2, -0.15) is 0 Å². The van der Waals surface area contributed by atoms with E-state index in [1.165, 1.54) is 29.2 Å². The maximum absolute atomic E-state index is 9.45. The van der Waals surface area contributed by atoms with Crippen LogP contribution in [0.25, 0.3) is 0 Å². The Bertz CT molecular complexity index is 1220. The van der Waals surface area contributed by atoms with Gasteiger partial charge >= 0.3 is 5.97 Å². The van der Waals surface area contributed by atoms with Crippen molar-refractivity contribution >= 4 is 18.4 Å². The van der Waals surface area contributed by atoms with Crippen LogP contribution in [0.4, 0.5) is 0 Å². The number of piperazine rings is 2. The van der Waals surface area contributed by atoms with Gasteiger partial charge in [-0.1, -0.05) is 121 Å². The van der Waals surface area contributed by atoms with Crippen LogP contribution in [0, 0.1) is 0 Å². The summed E-state index contributed by atoms with van der Waals surface area (Å²) in [7, 11) is 4.41. The molecule has 2 saturated heterocycles. The van der Waals surface area contributed by atoms with Crippen LogP contribution in [0.2, 0.25) is 0 Å². The Morgan fingerprint density at radius 2 is 0.723 bits per heavy atom. The summed E-state index contributed by atoms with van der Waals surface area (Å²) in [6.07, 6.45) is -1.23. The van der Waals surface area contributed by atoms with Gasteiger partial charge in [0.1, 0.15) is 6.10 Å². The number of carboxylic acid groups (broad SMARTS) is 1. The van der Waals surface area contributed by atoms with Crippen molar-refractivity contribution in [3.05, 3.63) is 144 Å². The van der Waals surface area contributed by atoms with Crippen LogP contribution in [0.5, 0.6) is 0 Å². The monoisotopic (exact) mass is 658 g/mol. The molecule has 0 spiro atoms. The molecule has 8 heteroatoms. The number of aliphatic carboxylic acids is 1. The Kier molecular flexibility index (Phi) is 16.1. The molecule has 0 bridgehead atoms. The molecule has 0 saturated carbocycles. The number of halogens is 1. The Labute approximate surface area is 287 Å². The summed E-state index contributed by atoms with van der Waals surface area (Å²) in [6.45, 7) is 10.3. The van der Waals surface area contributed by atoms with Crippen molar-refractivity contribution in [2.45, 2.75) is 25.1 Å². The van der Waals surface area contributed by atoms with Crippen molar-refractivity contribution in [1.82, 2.24) is 19.6 Å². The Hall–Kier alpha value is -3.56. The Morgan fingerprint density at radius 3 is 0.915 bits per heavy atom. The summed E-state index contributed by atoms with van der Waals surface area (Å²) >= 11 is 0. The zero-order valence-corrected chi connectivity index (χ0v) is 28.8.